The van der Waals surface area contributed by atoms with Crippen LogP contribution in [0.25, 0.3) is 22.2 Å². The van der Waals surface area contributed by atoms with Crippen molar-refractivity contribution in [1.82, 2.24) is 14.5 Å². The minimum absolute atomic E-state index is 0.0850. The maximum atomic E-state index is 15.7. The fourth-order valence-electron chi connectivity index (χ4n) is 6.07. The fraction of sp³-hybridized carbons (Fsp3) is 0.286. The molecule has 0 spiro atoms. The number of benzene rings is 3. The second kappa shape index (κ2) is 12.5. The van der Waals surface area contributed by atoms with Crippen LogP contribution in [0.2, 0.25) is 0 Å². The van der Waals surface area contributed by atoms with Crippen molar-refractivity contribution in [1.29, 1.82) is 0 Å². The number of nitrogens with zero attached hydrogens (tertiary/aromatic N) is 3. The molecule has 0 aliphatic heterocycles. The number of carboxylic acid groups (broad SMARTS) is 1. The van der Waals surface area contributed by atoms with Crippen LogP contribution in [0, 0.1) is 24.5 Å². The van der Waals surface area contributed by atoms with E-state index in [1.54, 1.807) is 29.0 Å². The normalized spacial score (nSPS) is 16.9. The first-order valence-electron chi connectivity index (χ1n) is 14.9. The average molecular weight is 636 g/mol. The molecule has 0 bridgehead atoms. The Hall–Kier alpha value is -4.80. The Morgan fingerprint density at radius 2 is 1.67 bits per heavy atom. The molecule has 1 aliphatic carbocycles. The highest BCUT2D eigenvalue weighted by atomic mass is 19.4. The van der Waals surface area contributed by atoms with Gasteiger partial charge in [-0.25, -0.2) is 13.8 Å². The number of hydrogen-bond acceptors (Lipinski definition) is 4. The average Bonchev–Trinajstić information content (AvgIpc) is 3.39. The molecule has 1 fully saturated rings. The molecule has 6 nitrogen and oxygen atoms in total. The lowest BCUT2D eigenvalue weighted by Gasteiger charge is -2.28. The largest absolute Gasteiger partial charge is 0.487 e. The molecule has 11 heteroatoms. The zero-order valence-corrected chi connectivity index (χ0v) is 24.8. The summed E-state index contributed by atoms with van der Waals surface area (Å²) in [6.07, 6.45) is -0.234. The number of carboxylic acids is 1. The van der Waals surface area contributed by atoms with Crippen molar-refractivity contribution in [2.75, 3.05) is 0 Å². The van der Waals surface area contributed by atoms with Gasteiger partial charge in [-0.3, -0.25) is 9.78 Å². The van der Waals surface area contributed by atoms with Crippen LogP contribution < -0.4 is 4.74 Å². The smallest absolute Gasteiger partial charge is 0.416 e. The summed E-state index contributed by atoms with van der Waals surface area (Å²) in [7, 11) is 0. The third-order valence-corrected chi connectivity index (χ3v) is 8.53. The highest BCUT2D eigenvalue weighted by Crippen LogP contribution is 2.40. The lowest BCUT2D eigenvalue weighted by molar-refractivity contribution is -0.143. The van der Waals surface area contributed by atoms with E-state index in [9.17, 15) is 23.1 Å². The molecule has 2 heterocycles. The number of rotatable bonds is 8. The molecule has 5 aromatic rings. The maximum Gasteiger partial charge on any atom is 0.416 e. The van der Waals surface area contributed by atoms with E-state index in [4.69, 9.17) is 9.72 Å². The second-order valence-electron chi connectivity index (χ2n) is 11.7. The number of aromatic nitrogens is 3. The standard InChI is InChI=1S/C35H30F5N3O3/c1-20-6-11-24(41-17-20)19-46-25-12-13-31-32(16-25)43(33(42-31)26-4-2-3-5-27(26)34(44)45)18-28-29(36)14-22(15-30(28)37)21-7-9-23(10-8-21)35(38,39)40/h6-17,26-27H,2-5,18-19H2,1H3,(H,44,45)/t26-,27+/m0/s1. The van der Waals surface area contributed by atoms with E-state index < -0.39 is 41.2 Å². The number of fused-ring (bicyclic) bond motifs is 1. The number of alkyl halides is 3. The topological polar surface area (TPSA) is 77.2 Å². The Labute approximate surface area is 261 Å². The summed E-state index contributed by atoms with van der Waals surface area (Å²) in [5.41, 5.74) is 1.92. The number of aliphatic carboxylic acids is 1. The van der Waals surface area contributed by atoms with Crippen molar-refractivity contribution >= 4 is 17.0 Å². The first-order valence-corrected chi connectivity index (χ1v) is 14.9. The molecule has 3 aromatic carbocycles. The Morgan fingerprint density at radius 1 is 0.957 bits per heavy atom. The number of hydrogen-bond donors (Lipinski definition) is 1. The predicted molar refractivity (Wildman–Crippen MR) is 161 cm³/mol. The van der Waals surface area contributed by atoms with Crippen LogP contribution in [0.5, 0.6) is 5.75 Å². The van der Waals surface area contributed by atoms with Gasteiger partial charge in [0.2, 0.25) is 0 Å². The first-order chi connectivity index (χ1) is 22.0. The monoisotopic (exact) mass is 635 g/mol. The predicted octanol–water partition coefficient (Wildman–Crippen LogP) is 8.69. The van der Waals surface area contributed by atoms with E-state index in [0.717, 1.165) is 42.7 Å². The number of imidazole rings is 1. The summed E-state index contributed by atoms with van der Waals surface area (Å²) in [4.78, 5) is 21.4. The van der Waals surface area contributed by atoms with Crippen molar-refractivity contribution in [2.24, 2.45) is 5.92 Å². The van der Waals surface area contributed by atoms with Gasteiger partial charge in [0.25, 0.3) is 0 Å². The number of carbonyl (C=O) groups is 1. The summed E-state index contributed by atoms with van der Waals surface area (Å²) in [6, 6.07) is 15.2. The van der Waals surface area contributed by atoms with E-state index in [1.807, 2.05) is 19.1 Å². The highest BCUT2D eigenvalue weighted by Gasteiger charge is 2.36. The molecule has 0 saturated heterocycles. The van der Waals surface area contributed by atoms with Gasteiger partial charge >= 0.3 is 12.1 Å². The summed E-state index contributed by atoms with van der Waals surface area (Å²) < 4.78 is 78.0. The summed E-state index contributed by atoms with van der Waals surface area (Å²) in [6.45, 7) is 1.83. The molecular formula is C35H30F5N3O3. The molecule has 0 unspecified atom stereocenters. The van der Waals surface area contributed by atoms with E-state index in [-0.39, 0.29) is 29.8 Å². The molecule has 0 radical (unpaired) electrons. The Morgan fingerprint density at radius 3 is 2.33 bits per heavy atom. The van der Waals surface area contributed by atoms with Crippen LogP contribution in [0.4, 0.5) is 22.0 Å². The molecule has 46 heavy (non-hydrogen) atoms. The third-order valence-electron chi connectivity index (χ3n) is 8.53. The van der Waals surface area contributed by atoms with Gasteiger partial charge in [-0.2, -0.15) is 13.2 Å². The van der Waals surface area contributed by atoms with Crippen molar-refractivity contribution in [2.45, 2.75) is 57.9 Å². The molecule has 1 saturated carbocycles. The Balaban J connectivity index is 1.38. The number of pyridine rings is 1. The molecule has 0 amide bonds. The summed E-state index contributed by atoms with van der Waals surface area (Å²) in [5.74, 6) is -3.01. The Kier molecular flexibility index (Phi) is 8.50. The highest BCUT2D eigenvalue weighted by molar-refractivity contribution is 5.79. The molecule has 1 N–H and O–H groups in total. The van der Waals surface area contributed by atoms with E-state index in [2.05, 4.69) is 4.98 Å². The van der Waals surface area contributed by atoms with Crippen LogP contribution >= 0.6 is 0 Å². The number of ether oxygens (including phenoxy) is 1. The van der Waals surface area contributed by atoms with Crippen LogP contribution in [0.1, 0.15) is 59.8 Å². The number of halogens is 5. The fourth-order valence-corrected chi connectivity index (χ4v) is 6.07. The van der Waals surface area contributed by atoms with Gasteiger partial charge < -0.3 is 14.4 Å². The molecule has 1 aliphatic rings. The van der Waals surface area contributed by atoms with Crippen molar-refractivity contribution < 1.29 is 36.6 Å². The molecule has 2 aromatic heterocycles. The lowest BCUT2D eigenvalue weighted by Crippen LogP contribution is -2.28. The van der Waals surface area contributed by atoms with Crippen molar-refractivity contribution in [3.63, 3.8) is 0 Å². The molecular weight excluding hydrogens is 605 g/mol. The van der Waals surface area contributed by atoms with Gasteiger partial charge in [-0.05, 0) is 78.9 Å². The van der Waals surface area contributed by atoms with Crippen LogP contribution in [0.3, 0.4) is 0 Å². The van der Waals surface area contributed by atoms with E-state index >= 15 is 8.78 Å². The van der Waals surface area contributed by atoms with E-state index in [0.29, 0.717) is 41.1 Å². The van der Waals surface area contributed by atoms with E-state index in [1.165, 1.54) is 12.1 Å². The van der Waals surface area contributed by atoms with Gasteiger partial charge in [0.05, 0.1) is 34.8 Å². The SMILES string of the molecule is Cc1ccc(COc2ccc3nc([C@H]4CCCC[C@H]4C(=O)O)n(Cc4c(F)cc(-c5ccc(C(F)(F)F)cc5)cc4F)c3c2)nc1. The quantitative estimate of drug-likeness (QED) is 0.173. The maximum absolute atomic E-state index is 15.7. The van der Waals surface area contributed by atoms with Crippen LogP contribution in [-0.4, -0.2) is 25.6 Å². The van der Waals surface area contributed by atoms with Crippen molar-refractivity contribution in [3.05, 3.63) is 113 Å². The summed E-state index contributed by atoms with van der Waals surface area (Å²) >= 11 is 0. The molecule has 2 atom stereocenters. The zero-order valence-electron chi connectivity index (χ0n) is 24.8. The minimum atomic E-state index is -4.54. The van der Waals surface area contributed by atoms with Crippen LogP contribution in [0.15, 0.2) is 72.9 Å². The van der Waals surface area contributed by atoms with Gasteiger partial charge in [0.15, 0.2) is 0 Å². The van der Waals surface area contributed by atoms with Crippen molar-refractivity contribution in [3.8, 4) is 16.9 Å². The lowest BCUT2D eigenvalue weighted by atomic mass is 9.78. The summed E-state index contributed by atoms with van der Waals surface area (Å²) in [5, 5.41) is 10.0. The minimum Gasteiger partial charge on any atom is -0.487 e. The van der Waals surface area contributed by atoms with Gasteiger partial charge in [0, 0.05) is 23.7 Å². The molecule has 6 rings (SSSR count). The Bertz CT molecular complexity index is 1860. The second-order valence-corrected chi connectivity index (χ2v) is 11.7. The van der Waals surface area contributed by atoms with Gasteiger partial charge in [-0.1, -0.05) is 31.0 Å². The van der Waals surface area contributed by atoms with Crippen LogP contribution in [-0.2, 0) is 24.1 Å². The third kappa shape index (κ3) is 6.45. The first kappa shape index (κ1) is 31.2. The number of aryl methyl sites for hydroxylation is 1. The van der Waals surface area contributed by atoms with Gasteiger partial charge in [-0.15, -0.1) is 0 Å². The molecule has 238 valence electrons. The van der Waals surface area contributed by atoms with Gasteiger partial charge in [0.1, 0.15) is 29.8 Å². The zero-order chi connectivity index (χ0) is 32.6.